The molecule has 4 nitrogen and oxygen atoms in total. The van der Waals surface area contributed by atoms with E-state index in [0.717, 1.165) is 30.7 Å². The molecule has 1 atom stereocenters. The number of carbonyl (C=O) groups is 1. The summed E-state index contributed by atoms with van der Waals surface area (Å²) in [4.78, 5) is 13.4. The number of nitrogens with zero attached hydrogens (tertiary/aromatic N) is 1. The molecule has 1 aliphatic heterocycles. The highest BCUT2D eigenvalue weighted by Gasteiger charge is 2.29. The van der Waals surface area contributed by atoms with E-state index in [1.807, 2.05) is 11.8 Å². The summed E-state index contributed by atoms with van der Waals surface area (Å²) in [5.74, 6) is 0.000718. The molecular formula is C12H21N3O. The van der Waals surface area contributed by atoms with E-state index in [-0.39, 0.29) is 18.5 Å². The number of hydrogen-bond donors (Lipinski definition) is 2. The van der Waals surface area contributed by atoms with Gasteiger partial charge in [-0.25, -0.2) is 0 Å². The normalized spacial score (nSPS) is 19.6. The number of carbonyl (C=O) groups excluding carboxylic acids is 1. The Balaban J connectivity index is 2.54. The van der Waals surface area contributed by atoms with Crippen LogP contribution in [0.4, 0.5) is 0 Å². The van der Waals surface area contributed by atoms with E-state index in [0.29, 0.717) is 6.54 Å². The quantitative estimate of drug-likeness (QED) is 0.672. The molecule has 1 rings (SSSR count). The third-order valence-corrected chi connectivity index (χ3v) is 2.77. The Labute approximate surface area is 97.2 Å². The summed E-state index contributed by atoms with van der Waals surface area (Å²) in [6, 6.07) is 0.0930. The number of nitrogens with one attached hydrogen (secondary N) is 1. The van der Waals surface area contributed by atoms with Crippen molar-refractivity contribution in [1.29, 1.82) is 0 Å². The zero-order valence-electron chi connectivity index (χ0n) is 9.96. The van der Waals surface area contributed by atoms with Crippen molar-refractivity contribution >= 4 is 5.91 Å². The molecule has 0 radical (unpaired) electrons. The molecule has 1 aliphatic rings. The molecule has 3 N–H and O–H groups in total. The number of nitrogens with two attached hydrogens (primary N) is 1. The van der Waals surface area contributed by atoms with Gasteiger partial charge in [-0.1, -0.05) is 18.7 Å². The van der Waals surface area contributed by atoms with Crippen molar-refractivity contribution in [3.05, 3.63) is 24.4 Å². The standard InChI is InChI=1S/C12H21N3O/c1-9(2)8-14-10(3)11-5-4-6-15(11)12(16)7-13/h11,14H,1,3-8,13H2,2H3. The van der Waals surface area contributed by atoms with Gasteiger partial charge in [0.2, 0.25) is 5.91 Å². The lowest BCUT2D eigenvalue weighted by Gasteiger charge is -2.26. The minimum Gasteiger partial charge on any atom is -0.383 e. The lowest BCUT2D eigenvalue weighted by molar-refractivity contribution is -0.129. The molecule has 4 heteroatoms. The molecule has 16 heavy (non-hydrogen) atoms. The molecule has 0 aromatic rings. The first-order valence-electron chi connectivity index (χ1n) is 5.63. The highest BCUT2D eigenvalue weighted by molar-refractivity contribution is 5.79. The summed E-state index contributed by atoms with van der Waals surface area (Å²) in [6.07, 6.45) is 1.98. The Hall–Kier alpha value is -1.29. The van der Waals surface area contributed by atoms with E-state index in [1.165, 1.54) is 0 Å². The average Bonchev–Trinajstić information content (AvgIpc) is 2.73. The van der Waals surface area contributed by atoms with Gasteiger partial charge in [-0.3, -0.25) is 4.79 Å². The van der Waals surface area contributed by atoms with Gasteiger partial charge >= 0.3 is 0 Å². The lowest BCUT2D eigenvalue weighted by atomic mass is 10.1. The average molecular weight is 223 g/mol. The minimum absolute atomic E-state index is 0.000718. The van der Waals surface area contributed by atoms with Gasteiger partial charge < -0.3 is 16.0 Å². The first-order chi connectivity index (χ1) is 7.56. The molecule has 0 aromatic heterocycles. The summed E-state index contributed by atoms with van der Waals surface area (Å²) in [6.45, 7) is 11.3. The fraction of sp³-hybridized carbons (Fsp3) is 0.583. The van der Waals surface area contributed by atoms with Gasteiger partial charge in [0.15, 0.2) is 0 Å². The number of hydrogen-bond acceptors (Lipinski definition) is 3. The maximum atomic E-state index is 11.6. The van der Waals surface area contributed by atoms with E-state index in [9.17, 15) is 4.79 Å². The van der Waals surface area contributed by atoms with E-state index < -0.39 is 0 Å². The van der Waals surface area contributed by atoms with E-state index >= 15 is 0 Å². The first-order valence-corrected chi connectivity index (χ1v) is 5.63. The summed E-state index contributed by atoms with van der Waals surface area (Å²) < 4.78 is 0. The molecule has 1 saturated heterocycles. The van der Waals surface area contributed by atoms with E-state index in [2.05, 4.69) is 18.5 Å². The van der Waals surface area contributed by atoms with Crippen LogP contribution < -0.4 is 11.1 Å². The van der Waals surface area contributed by atoms with Crippen LogP contribution >= 0.6 is 0 Å². The first kappa shape index (κ1) is 12.8. The highest BCUT2D eigenvalue weighted by atomic mass is 16.2. The van der Waals surface area contributed by atoms with E-state index in [4.69, 9.17) is 5.73 Å². The summed E-state index contributed by atoms with van der Waals surface area (Å²) in [5, 5.41) is 3.20. The summed E-state index contributed by atoms with van der Waals surface area (Å²) in [5.41, 5.74) is 7.32. The number of amides is 1. The predicted molar refractivity (Wildman–Crippen MR) is 65.7 cm³/mol. The van der Waals surface area contributed by atoms with Crippen LogP contribution in [0.25, 0.3) is 0 Å². The molecule has 0 aromatic carbocycles. The monoisotopic (exact) mass is 223 g/mol. The Morgan fingerprint density at radius 1 is 1.56 bits per heavy atom. The van der Waals surface area contributed by atoms with Gasteiger partial charge in [-0.2, -0.15) is 0 Å². The van der Waals surface area contributed by atoms with Gasteiger partial charge in [-0.05, 0) is 19.8 Å². The summed E-state index contributed by atoms with van der Waals surface area (Å²) in [7, 11) is 0. The third-order valence-electron chi connectivity index (χ3n) is 2.77. The molecule has 0 bridgehead atoms. The molecule has 1 amide bonds. The fourth-order valence-corrected chi connectivity index (χ4v) is 1.93. The molecule has 1 unspecified atom stereocenters. The van der Waals surface area contributed by atoms with Crippen molar-refractivity contribution in [3.8, 4) is 0 Å². The van der Waals surface area contributed by atoms with Crippen molar-refractivity contribution in [3.63, 3.8) is 0 Å². The fourth-order valence-electron chi connectivity index (χ4n) is 1.93. The molecule has 0 aliphatic carbocycles. The molecule has 1 heterocycles. The largest absolute Gasteiger partial charge is 0.383 e. The van der Waals surface area contributed by atoms with Crippen LogP contribution in [0.1, 0.15) is 19.8 Å². The molecule has 90 valence electrons. The van der Waals surface area contributed by atoms with Crippen LogP contribution in [-0.2, 0) is 4.79 Å². The van der Waals surface area contributed by atoms with Crippen molar-refractivity contribution < 1.29 is 4.79 Å². The van der Waals surface area contributed by atoms with Gasteiger partial charge in [0.25, 0.3) is 0 Å². The van der Waals surface area contributed by atoms with Crippen molar-refractivity contribution in [2.45, 2.75) is 25.8 Å². The van der Waals surface area contributed by atoms with Crippen LogP contribution in [0.5, 0.6) is 0 Å². The maximum Gasteiger partial charge on any atom is 0.236 e. The summed E-state index contributed by atoms with van der Waals surface area (Å²) >= 11 is 0. The Kier molecular flexibility index (Phi) is 4.55. The van der Waals surface area contributed by atoms with Crippen LogP contribution in [0.15, 0.2) is 24.4 Å². The van der Waals surface area contributed by atoms with Gasteiger partial charge in [0.05, 0.1) is 12.6 Å². The lowest BCUT2D eigenvalue weighted by Crippen LogP contribution is -2.42. The maximum absolute atomic E-state index is 11.6. The van der Waals surface area contributed by atoms with Crippen LogP contribution in [0.2, 0.25) is 0 Å². The van der Waals surface area contributed by atoms with Crippen molar-refractivity contribution in [1.82, 2.24) is 10.2 Å². The van der Waals surface area contributed by atoms with Crippen molar-refractivity contribution in [2.24, 2.45) is 5.73 Å². The zero-order chi connectivity index (χ0) is 12.1. The Morgan fingerprint density at radius 2 is 2.25 bits per heavy atom. The van der Waals surface area contributed by atoms with Gasteiger partial charge in [-0.15, -0.1) is 0 Å². The second-order valence-electron chi connectivity index (χ2n) is 4.29. The molecule has 1 fully saturated rings. The second-order valence-corrected chi connectivity index (χ2v) is 4.29. The van der Waals surface area contributed by atoms with Crippen molar-refractivity contribution in [2.75, 3.05) is 19.6 Å². The molecule has 0 spiro atoms. The topological polar surface area (TPSA) is 58.4 Å². The Morgan fingerprint density at radius 3 is 2.81 bits per heavy atom. The minimum atomic E-state index is 0.000718. The van der Waals surface area contributed by atoms with Crippen LogP contribution in [0, 0.1) is 0 Å². The van der Waals surface area contributed by atoms with Crippen LogP contribution in [0.3, 0.4) is 0 Å². The molecule has 0 saturated carbocycles. The van der Waals surface area contributed by atoms with Gasteiger partial charge in [0.1, 0.15) is 0 Å². The van der Waals surface area contributed by atoms with Crippen LogP contribution in [-0.4, -0.2) is 36.5 Å². The smallest absolute Gasteiger partial charge is 0.236 e. The Bertz CT molecular complexity index is 299. The van der Waals surface area contributed by atoms with Gasteiger partial charge in [0, 0.05) is 18.8 Å². The number of rotatable bonds is 5. The predicted octanol–water partition coefficient (Wildman–Crippen LogP) is 0.615. The molecular weight excluding hydrogens is 202 g/mol. The van der Waals surface area contributed by atoms with E-state index in [1.54, 1.807) is 0 Å². The third kappa shape index (κ3) is 3.10. The second kappa shape index (κ2) is 5.70. The SMILES string of the molecule is C=C(C)CNC(=C)C1CCCN1C(=O)CN. The number of likely N-dealkylation sites (tertiary alicyclic amines) is 1. The highest BCUT2D eigenvalue weighted by Crippen LogP contribution is 2.21. The zero-order valence-corrected chi connectivity index (χ0v) is 9.96.